The summed E-state index contributed by atoms with van der Waals surface area (Å²) in [5.41, 5.74) is 0.339. The first-order valence-electron chi connectivity index (χ1n) is 4.09. The standard InChI is InChI=1S/C9H9ClN2O2S/c1-11(2)9(15)7-4-3-6(10)5-8(7)12(13)14/h3-5H,1-2H3. The molecule has 80 valence electrons. The smallest absolute Gasteiger partial charge is 0.281 e. The van der Waals surface area contributed by atoms with Crippen LogP contribution in [0.3, 0.4) is 0 Å². The lowest BCUT2D eigenvalue weighted by Crippen LogP contribution is -2.21. The highest BCUT2D eigenvalue weighted by atomic mass is 35.5. The third-order valence-electron chi connectivity index (χ3n) is 1.79. The highest BCUT2D eigenvalue weighted by Gasteiger charge is 2.18. The zero-order chi connectivity index (χ0) is 11.6. The Morgan fingerprint density at radius 2 is 2.13 bits per heavy atom. The van der Waals surface area contributed by atoms with Crippen LogP contribution in [0.2, 0.25) is 5.02 Å². The van der Waals surface area contributed by atoms with Crippen molar-refractivity contribution in [1.82, 2.24) is 4.90 Å². The second kappa shape index (κ2) is 4.55. The number of benzene rings is 1. The summed E-state index contributed by atoms with van der Waals surface area (Å²) in [6, 6.07) is 4.44. The number of nitro benzene ring substituents is 1. The number of hydrogen-bond donors (Lipinski definition) is 0. The Morgan fingerprint density at radius 1 is 1.53 bits per heavy atom. The molecule has 0 radical (unpaired) electrons. The molecule has 0 N–H and O–H groups in total. The molecule has 1 aromatic rings. The lowest BCUT2D eigenvalue weighted by Gasteiger charge is -2.13. The van der Waals surface area contributed by atoms with Gasteiger partial charge in [-0.2, -0.15) is 0 Å². The zero-order valence-electron chi connectivity index (χ0n) is 8.23. The number of rotatable bonds is 2. The van der Waals surface area contributed by atoms with Gasteiger partial charge in [0.1, 0.15) is 4.99 Å². The lowest BCUT2D eigenvalue weighted by molar-refractivity contribution is -0.385. The Balaban J connectivity index is 3.29. The summed E-state index contributed by atoms with van der Waals surface area (Å²) >= 11 is 10.8. The Hall–Kier alpha value is -1.20. The van der Waals surface area contributed by atoms with Crippen LogP contribution in [0.1, 0.15) is 5.56 Å². The number of halogens is 1. The third-order valence-corrected chi connectivity index (χ3v) is 2.61. The van der Waals surface area contributed by atoms with Gasteiger partial charge in [-0.05, 0) is 12.1 Å². The van der Waals surface area contributed by atoms with Gasteiger partial charge in [0.15, 0.2) is 0 Å². The van der Waals surface area contributed by atoms with Gasteiger partial charge in [-0.25, -0.2) is 0 Å². The first-order valence-corrected chi connectivity index (χ1v) is 4.87. The van der Waals surface area contributed by atoms with E-state index in [1.54, 1.807) is 31.1 Å². The first kappa shape index (κ1) is 11.9. The van der Waals surface area contributed by atoms with E-state index >= 15 is 0 Å². The molecule has 1 aromatic carbocycles. The van der Waals surface area contributed by atoms with Crippen molar-refractivity contribution in [3.8, 4) is 0 Å². The van der Waals surface area contributed by atoms with E-state index in [0.717, 1.165) is 0 Å². The molecule has 0 fully saturated rings. The van der Waals surface area contributed by atoms with Crippen LogP contribution in [0.4, 0.5) is 5.69 Å². The number of nitrogens with zero attached hydrogens (tertiary/aromatic N) is 2. The number of nitro groups is 1. The maximum Gasteiger partial charge on any atom is 0.281 e. The molecule has 0 aliphatic heterocycles. The molecule has 15 heavy (non-hydrogen) atoms. The molecule has 0 aromatic heterocycles. The Morgan fingerprint density at radius 3 is 2.60 bits per heavy atom. The van der Waals surface area contributed by atoms with Gasteiger partial charge in [-0.1, -0.05) is 23.8 Å². The fraction of sp³-hybridized carbons (Fsp3) is 0.222. The third kappa shape index (κ3) is 2.64. The van der Waals surface area contributed by atoms with Crippen molar-refractivity contribution in [3.63, 3.8) is 0 Å². The lowest BCUT2D eigenvalue weighted by atomic mass is 10.1. The summed E-state index contributed by atoms with van der Waals surface area (Å²) in [6.45, 7) is 0. The molecule has 0 atom stereocenters. The molecule has 0 spiro atoms. The molecule has 0 saturated carbocycles. The van der Waals surface area contributed by atoms with Crippen molar-refractivity contribution in [2.24, 2.45) is 0 Å². The zero-order valence-corrected chi connectivity index (χ0v) is 9.80. The van der Waals surface area contributed by atoms with Crippen LogP contribution in [0.5, 0.6) is 0 Å². The average molecular weight is 245 g/mol. The number of thiocarbonyl (C=S) groups is 1. The molecule has 0 aliphatic rings. The molecule has 0 unspecified atom stereocenters. The molecular weight excluding hydrogens is 236 g/mol. The normalized spacial score (nSPS) is 9.80. The van der Waals surface area contributed by atoms with Crippen LogP contribution in [-0.4, -0.2) is 28.9 Å². The summed E-state index contributed by atoms with van der Waals surface area (Å²) in [5.74, 6) is 0. The van der Waals surface area contributed by atoms with Crippen LogP contribution in [0, 0.1) is 10.1 Å². The van der Waals surface area contributed by atoms with Gasteiger partial charge in [-0.15, -0.1) is 0 Å². The van der Waals surface area contributed by atoms with Gasteiger partial charge >= 0.3 is 0 Å². The van der Waals surface area contributed by atoms with Gasteiger partial charge in [0.05, 0.1) is 10.5 Å². The highest BCUT2D eigenvalue weighted by Crippen LogP contribution is 2.24. The maximum absolute atomic E-state index is 10.8. The van der Waals surface area contributed by atoms with E-state index in [1.807, 2.05) is 0 Å². The minimum absolute atomic E-state index is 0.0683. The minimum atomic E-state index is -0.489. The summed E-state index contributed by atoms with van der Waals surface area (Å²) in [6.07, 6.45) is 0. The maximum atomic E-state index is 10.8. The van der Waals surface area contributed by atoms with E-state index in [4.69, 9.17) is 23.8 Å². The van der Waals surface area contributed by atoms with E-state index in [9.17, 15) is 10.1 Å². The molecule has 0 heterocycles. The molecule has 4 nitrogen and oxygen atoms in total. The van der Waals surface area contributed by atoms with Crippen molar-refractivity contribution in [3.05, 3.63) is 38.9 Å². The Bertz CT molecular complexity index is 421. The fourth-order valence-corrected chi connectivity index (χ4v) is 1.42. The van der Waals surface area contributed by atoms with Crippen molar-refractivity contribution in [2.45, 2.75) is 0 Å². The molecule has 0 aliphatic carbocycles. The molecule has 0 saturated heterocycles. The number of hydrogen-bond acceptors (Lipinski definition) is 3. The van der Waals surface area contributed by atoms with E-state index in [-0.39, 0.29) is 5.69 Å². The Labute approximate surface area is 97.6 Å². The first-order chi connectivity index (χ1) is 6.93. The molecule has 6 heteroatoms. The predicted octanol–water partition coefficient (Wildman–Crippen LogP) is 2.49. The van der Waals surface area contributed by atoms with Crippen molar-refractivity contribution >= 4 is 34.5 Å². The summed E-state index contributed by atoms with van der Waals surface area (Å²) in [7, 11) is 3.47. The molecule has 1 rings (SSSR count). The van der Waals surface area contributed by atoms with Crippen LogP contribution in [0.15, 0.2) is 18.2 Å². The summed E-state index contributed by atoms with van der Waals surface area (Å²) in [4.78, 5) is 12.3. The fourth-order valence-electron chi connectivity index (χ4n) is 1.08. The minimum Gasteiger partial charge on any atom is -0.368 e. The van der Waals surface area contributed by atoms with Gasteiger partial charge < -0.3 is 4.90 Å². The summed E-state index contributed by atoms with van der Waals surface area (Å²) < 4.78 is 0. The highest BCUT2D eigenvalue weighted by molar-refractivity contribution is 7.80. The van der Waals surface area contributed by atoms with E-state index in [2.05, 4.69) is 0 Å². The Kier molecular flexibility index (Phi) is 3.60. The van der Waals surface area contributed by atoms with Crippen LogP contribution >= 0.6 is 23.8 Å². The quantitative estimate of drug-likeness (QED) is 0.456. The van der Waals surface area contributed by atoms with Crippen LogP contribution in [0.25, 0.3) is 0 Å². The van der Waals surface area contributed by atoms with Crippen molar-refractivity contribution < 1.29 is 4.92 Å². The van der Waals surface area contributed by atoms with Crippen LogP contribution < -0.4 is 0 Å². The largest absolute Gasteiger partial charge is 0.368 e. The molecular formula is C9H9ClN2O2S. The van der Waals surface area contributed by atoms with Crippen LogP contribution in [-0.2, 0) is 0 Å². The average Bonchev–Trinajstić information content (AvgIpc) is 2.16. The van der Waals surface area contributed by atoms with Crippen molar-refractivity contribution in [1.29, 1.82) is 0 Å². The predicted molar refractivity (Wildman–Crippen MR) is 63.5 cm³/mol. The molecule has 0 bridgehead atoms. The van der Waals surface area contributed by atoms with Gasteiger partial charge in [0.2, 0.25) is 0 Å². The van der Waals surface area contributed by atoms with Crippen molar-refractivity contribution in [2.75, 3.05) is 14.1 Å². The topological polar surface area (TPSA) is 46.4 Å². The van der Waals surface area contributed by atoms with Gasteiger partial charge in [0, 0.05) is 25.2 Å². The van der Waals surface area contributed by atoms with E-state index in [1.165, 1.54) is 6.07 Å². The SMILES string of the molecule is CN(C)C(=S)c1ccc(Cl)cc1[N+](=O)[O-]. The van der Waals surface area contributed by atoms with E-state index < -0.39 is 4.92 Å². The van der Waals surface area contributed by atoms with Gasteiger partial charge in [-0.3, -0.25) is 10.1 Å². The monoisotopic (exact) mass is 244 g/mol. The molecule has 0 amide bonds. The summed E-state index contributed by atoms with van der Waals surface area (Å²) in [5, 5.41) is 11.1. The van der Waals surface area contributed by atoms with Gasteiger partial charge in [0.25, 0.3) is 5.69 Å². The second-order valence-electron chi connectivity index (χ2n) is 3.12. The van der Waals surface area contributed by atoms with E-state index in [0.29, 0.717) is 15.6 Å². The second-order valence-corrected chi connectivity index (χ2v) is 3.94.